The Bertz CT molecular complexity index is 608. The van der Waals surface area contributed by atoms with Gasteiger partial charge in [0.15, 0.2) is 0 Å². The molecule has 0 saturated heterocycles. The van der Waals surface area contributed by atoms with Crippen LogP contribution in [0.5, 0.6) is 0 Å². The van der Waals surface area contributed by atoms with Gasteiger partial charge in [-0.15, -0.1) is 0 Å². The number of aliphatic carboxylic acids is 1. The number of benzene rings is 1. The Balaban J connectivity index is 2.20. The van der Waals surface area contributed by atoms with E-state index in [1.54, 1.807) is 24.0 Å². The largest absolute Gasteiger partial charge is 0.481 e. The van der Waals surface area contributed by atoms with Crippen LogP contribution < -0.4 is 5.69 Å². The molecule has 0 fully saturated rings. The zero-order chi connectivity index (χ0) is 13.1. The van der Waals surface area contributed by atoms with Gasteiger partial charge < -0.3 is 9.67 Å². The van der Waals surface area contributed by atoms with E-state index in [0.29, 0.717) is 6.42 Å². The van der Waals surface area contributed by atoms with Crippen molar-refractivity contribution in [3.63, 3.8) is 0 Å². The lowest BCUT2D eigenvalue weighted by atomic mass is 10.1. The molecule has 18 heavy (non-hydrogen) atoms. The molecule has 2 aromatic rings. The topological polar surface area (TPSA) is 64.2 Å². The van der Waals surface area contributed by atoms with E-state index in [9.17, 15) is 9.59 Å². The number of carboxylic acid groups (broad SMARTS) is 1. The number of nitrogens with zero attached hydrogens (tertiary/aromatic N) is 2. The number of aromatic nitrogens is 2. The zero-order valence-corrected chi connectivity index (χ0v) is 10.0. The van der Waals surface area contributed by atoms with E-state index in [1.807, 2.05) is 24.3 Å². The molecular weight excluding hydrogens is 232 g/mol. The number of carbonyl (C=O) groups is 1. The van der Waals surface area contributed by atoms with Crippen LogP contribution in [0, 0.1) is 0 Å². The van der Waals surface area contributed by atoms with E-state index in [4.69, 9.17) is 5.11 Å². The van der Waals surface area contributed by atoms with Crippen molar-refractivity contribution >= 4 is 5.97 Å². The lowest BCUT2D eigenvalue weighted by molar-refractivity contribution is -0.136. The summed E-state index contributed by atoms with van der Waals surface area (Å²) < 4.78 is 3.04. The summed E-state index contributed by atoms with van der Waals surface area (Å²) in [6.45, 7) is 0. The van der Waals surface area contributed by atoms with Crippen molar-refractivity contribution in [1.29, 1.82) is 0 Å². The van der Waals surface area contributed by atoms with E-state index >= 15 is 0 Å². The quantitative estimate of drug-likeness (QED) is 0.881. The summed E-state index contributed by atoms with van der Waals surface area (Å²) in [5.41, 5.74) is 1.62. The summed E-state index contributed by atoms with van der Waals surface area (Å²) in [6.07, 6.45) is 4.01. The Hall–Kier alpha value is -2.30. The SMILES string of the molecule is Cn1ccn(-c2ccc(CCC(=O)O)cc2)c1=O. The van der Waals surface area contributed by atoms with E-state index in [0.717, 1.165) is 11.3 Å². The van der Waals surface area contributed by atoms with Gasteiger partial charge in [0, 0.05) is 25.9 Å². The van der Waals surface area contributed by atoms with Crippen LogP contribution in [0.2, 0.25) is 0 Å². The predicted molar refractivity (Wildman–Crippen MR) is 67.0 cm³/mol. The Kier molecular flexibility index (Phi) is 3.32. The maximum Gasteiger partial charge on any atom is 0.332 e. The van der Waals surface area contributed by atoms with Gasteiger partial charge in [-0.3, -0.25) is 9.36 Å². The zero-order valence-electron chi connectivity index (χ0n) is 10.0. The molecule has 0 bridgehead atoms. The first kappa shape index (κ1) is 12.2. The molecule has 0 spiro atoms. The minimum atomic E-state index is -0.807. The highest BCUT2D eigenvalue weighted by Crippen LogP contribution is 2.09. The van der Waals surface area contributed by atoms with Gasteiger partial charge in [0.2, 0.25) is 0 Å². The molecule has 94 valence electrons. The third-order valence-corrected chi connectivity index (χ3v) is 2.79. The minimum absolute atomic E-state index is 0.103. The van der Waals surface area contributed by atoms with Gasteiger partial charge in [0.1, 0.15) is 0 Å². The molecule has 2 rings (SSSR count). The second-order valence-corrected chi connectivity index (χ2v) is 4.12. The Morgan fingerprint density at radius 3 is 2.39 bits per heavy atom. The molecule has 0 unspecified atom stereocenters. The Labute approximate surface area is 104 Å². The normalized spacial score (nSPS) is 10.5. The lowest BCUT2D eigenvalue weighted by Gasteiger charge is -2.03. The van der Waals surface area contributed by atoms with Crippen LogP contribution in [0.1, 0.15) is 12.0 Å². The molecular formula is C13H14N2O3. The van der Waals surface area contributed by atoms with Crippen LogP contribution in [0.15, 0.2) is 41.5 Å². The third-order valence-electron chi connectivity index (χ3n) is 2.79. The fourth-order valence-electron chi connectivity index (χ4n) is 1.74. The second kappa shape index (κ2) is 4.91. The first-order valence-corrected chi connectivity index (χ1v) is 5.63. The van der Waals surface area contributed by atoms with Crippen LogP contribution in [-0.4, -0.2) is 20.2 Å². The van der Waals surface area contributed by atoms with Gasteiger partial charge in [-0.05, 0) is 24.1 Å². The number of hydrogen-bond donors (Lipinski definition) is 1. The molecule has 0 aliphatic heterocycles. The van der Waals surface area contributed by atoms with Crippen molar-refractivity contribution < 1.29 is 9.90 Å². The Morgan fingerprint density at radius 2 is 1.89 bits per heavy atom. The van der Waals surface area contributed by atoms with Crippen LogP contribution in [0.25, 0.3) is 5.69 Å². The standard InChI is InChI=1S/C13H14N2O3/c1-14-8-9-15(13(14)18)11-5-2-10(3-6-11)4-7-12(16)17/h2-3,5-6,8-9H,4,7H2,1H3,(H,16,17). The number of rotatable bonds is 4. The number of aryl methyl sites for hydroxylation is 2. The summed E-state index contributed by atoms with van der Waals surface area (Å²) in [5.74, 6) is -0.807. The summed E-state index contributed by atoms with van der Waals surface area (Å²) in [7, 11) is 1.69. The van der Waals surface area contributed by atoms with Crippen molar-refractivity contribution in [2.24, 2.45) is 7.05 Å². The molecule has 0 aliphatic carbocycles. The van der Waals surface area contributed by atoms with Gasteiger partial charge >= 0.3 is 11.7 Å². The second-order valence-electron chi connectivity index (χ2n) is 4.12. The van der Waals surface area contributed by atoms with Gasteiger partial charge in [-0.25, -0.2) is 4.79 Å². The summed E-state index contributed by atoms with van der Waals surface area (Å²) >= 11 is 0. The van der Waals surface area contributed by atoms with Gasteiger partial charge in [0.05, 0.1) is 5.69 Å². The van der Waals surface area contributed by atoms with Crippen molar-refractivity contribution in [3.05, 3.63) is 52.7 Å². The smallest absolute Gasteiger partial charge is 0.332 e. The van der Waals surface area contributed by atoms with Crippen molar-refractivity contribution in [2.75, 3.05) is 0 Å². The Morgan fingerprint density at radius 1 is 1.22 bits per heavy atom. The molecule has 5 heteroatoms. The van der Waals surface area contributed by atoms with Crippen LogP contribution in [-0.2, 0) is 18.3 Å². The van der Waals surface area contributed by atoms with E-state index < -0.39 is 5.97 Å². The molecule has 0 atom stereocenters. The maximum absolute atomic E-state index is 11.7. The first-order chi connectivity index (χ1) is 8.58. The highest BCUT2D eigenvalue weighted by molar-refractivity contribution is 5.67. The van der Waals surface area contributed by atoms with E-state index in [2.05, 4.69) is 0 Å². The molecule has 1 heterocycles. The summed E-state index contributed by atoms with van der Waals surface area (Å²) in [6, 6.07) is 7.33. The van der Waals surface area contributed by atoms with Crippen molar-refractivity contribution in [3.8, 4) is 5.69 Å². The average Bonchev–Trinajstić information content (AvgIpc) is 2.68. The molecule has 0 amide bonds. The third kappa shape index (κ3) is 2.51. The summed E-state index contributed by atoms with van der Waals surface area (Å²) in [4.78, 5) is 22.2. The number of hydrogen-bond acceptors (Lipinski definition) is 2. The maximum atomic E-state index is 11.7. The number of imidazole rings is 1. The molecule has 1 aromatic heterocycles. The predicted octanol–water partition coefficient (Wildman–Crippen LogP) is 1.19. The first-order valence-electron chi connectivity index (χ1n) is 5.63. The van der Waals surface area contributed by atoms with Crippen LogP contribution >= 0.6 is 0 Å². The molecule has 0 radical (unpaired) electrons. The van der Waals surface area contributed by atoms with Gasteiger partial charge in [0.25, 0.3) is 0 Å². The monoisotopic (exact) mass is 246 g/mol. The highest BCUT2D eigenvalue weighted by atomic mass is 16.4. The van der Waals surface area contributed by atoms with Gasteiger partial charge in [-0.2, -0.15) is 0 Å². The molecule has 0 saturated carbocycles. The minimum Gasteiger partial charge on any atom is -0.481 e. The van der Waals surface area contributed by atoms with Crippen molar-refractivity contribution in [1.82, 2.24) is 9.13 Å². The average molecular weight is 246 g/mol. The van der Waals surface area contributed by atoms with Crippen LogP contribution in [0.4, 0.5) is 0 Å². The van der Waals surface area contributed by atoms with E-state index in [1.165, 1.54) is 4.57 Å². The van der Waals surface area contributed by atoms with Crippen LogP contribution in [0.3, 0.4) is 0 Å². The fraction of sp³-hybridized carbons (Fsp3) is 0.231. The van der Waals surface area contributed by atoms with Gasteiger partial charge in [-0.1, -0.05) is 12.1 Å². The fourth-order valence-corrected chi connectivity index (χ4v) is 1.74. The molecule has 1 N–H and O–H groups in total. The highest BCUT2D eigenvalue weighted by Gasteiger charge is 2.03. The molecule has 1 aromatic carbocycles. The molecule has 5 nitrogen and oxygen atoms in total. The lowest BCUT2D eigenvalue weighted by Crippen LogP contribution is -2.20. The summed E-state index contributed by atoms with van der Waals surface area (Å²) in [5, 5.41) is 8.60. The van der Waals surface area contributed by atoms with Crippen molar-refractivity contribution in [2.45, 2.75) is 12.8 Å². The number of carboxylic acids is 1. The molecule has 0 aliphatic rings. The van der Waals surface area contributed by atoms with E-state index in [-0.39, 0.29) is 12.1 Å².